The fourth-order valence-electron chi connectivity index (χ4n) is 4.59. The summed E-state index contributed by atoms with van der Waals surface area (Å²) in [6.07, 6.45) is 11.0. The van der Waals surface area contributed by atoms with Crippen molar-refractivity contribution in [1.82, 2.24) is 19.5 Å². The van der Waals surface area contributed by atoms with Crippen molar-refractivity contribution >= 4 is 40.6 Å². The minimum atomic E-state index is -1.42. The fourth-order valence-corrected chi connectivity index (χ4v) is 4.79. The van der Waals surface area contributed by atoms with Crippen LogP contribution in [-0.4, -0.2) is 62.9 Å². The SMILES string of the molecule is C#C.CC.CC[C@H](C)CCCC(C)n1c(N2CCOCC2)nc2nc(/C(N)=N/C(=O)O)nc(-c3cccc(Cl)c3)c21. The van der Waals surface area contributed by atoms with Gasteiger partial charge in [-0.2, -0.15) is 9.98 Å². The number of aliphatic imine (C=N–C) groups is 1. The summed E-state index contributed by atoms with van der Waals surface area (Å²) in [4.78, 5) is 31.0. The molecule has 0 spiro atoms. The standard InChI is InChI=1S/C26H34ClN7O3.C2H6.C2H2/c1-4-16(2)7-5-8-17(3)34-21-20(18-9-6-10-19(27)15-18)29-24(22(28)30-26(35)36)31-23(21)32-25(34)33-11-13-37-14-12-33;2*1-2/h6,9-10,15-17H,4-5,7-8,11-14H2,1-3H3,(H2,28,30)(H,35,36);1-2H3;1-2H/t16-,17?;;/m0../s1. The molecule has 41 heavy (non-hydrogen) atoms. The van der Waals surface area contributed by atoms with Gasteiger partial charge in [0, 0.05) is 29.7 Å². The third-order valence-corrected chi connectivity index (χ3v) is 7.06. The Kier molecular flexibility index (Phi) is 13.5. The van der Waals surface area contributed by atoms with E-state index in [1.54, 1.807) is 6.07 Å². The number of nitrogens with two attached hydrogens (primary N) is 1. The van der Waals surface area contributed by atoms with Gasteiger partial charge >= 0.3 is 6.09 Å². The van der Waals surface area contributed by atoms with Crippen LogP contribution in [0.4, 0.5) is 10.7 Å². The average molecular weight is 584 g/mol. The quantitative estimate of drug-likeness (QED) is 0.167. The van der Waals surface area contributed by atoms with Gasteiger partial charge in [-0.15, -0.1) is 12.8 Å². The second kappa shape index (κ2) is 16.6. The Morgan fingerprint density at radius 1 is 1.17 bits per heavy atom. The van der Waals surface area contributed by atoms with Crippen molar-refractivity contribution in [2.24, 2.45) is 16.6 Å². The van der Waals surface area contributed by atoms with Crippen LogP contribution in [0.1, 0.15) is 72.2 Å². The van der Waals surface area contributed by atoms with Crippen molar-refractivity contribution in [2.45, 2.75) is 66.3 Å². The predicted molar refractivity (Wildman–Crippen MR) is 167 cm³/mol. The number of benzene rings is 1. The molecule has 0 saturated carbocycles. The van der Waals surface area contributed by atoms with Crippen LogP contribution in [0.5, 0.6) is 0 Å². The molecule has 2 aromatic heterocycles. The first-order chi connectivity index (χ1) is 19.8. The predicted octanol–water partition coefficient (Wildman–Crippen LogP) is 6.42. The number of halogens is 1. The number of amides is 1. The number of imidazole rings is 1. The number of amidine groups is 1. The lowest BCUT2D eigenvalue weighted by Crippen LogP contribution is -2.38. The zero-order chi connectivity index (χ0) is 30.5. The van der Waals surface area contributed by atoms with Crippen molar-refractivity contribution in [3.05, 3.63) is 35.1 Å². The Bertz CT molecular complexity index is 1330. The molecule has 1 aliphatic rings. The van der Waals surface area contributed by atoms with E-state index >= 15 is 0 Å². The zero-order valence-electron chi connectivity index (χ0n) is 24.7. The minimum Gasteiger partial charge on any atom is -0.463 e. The van der Waals surface area contributed by atoms with E-state index in [1.165, 1.54) is 0 Å². The first-order valence-electron chi connectivity index (χ1n) is 14.1. The van der Waals surface area contributed by atoms with E-state index in [4.69, 9.17) is 37.1 Å². The molecule has 3 heterocycles. The molecule has 1 saturated heterocycles. The maximum Gasteiger partial charge on any atom is 0.433 e. The number of aromatic nitrogens is 4. The Morgan fingerprint density at radius 3 is 2.46 bits per heavy atom. The van der Waals surface area contributed by atoms with Gasteiger partial charge in [-0.05, 0) is 31.4 Å². The highest BCUT2D eigenvalue weighted by molar-refractivity contribution is 6.30. The number of nitrogens with zero attached hydrogens (tertiary/aromatic N) is 6. The van der Waals surface area contributed by atoms with E-state index < -0.39 is 6.09 Å². The molecule has 1 aromatic carbocycles. The van der Waals surface area contributed by atoms with Crippen LogP contribution < -0.4 is 10.6 Å². The van der Waals surface area contributed by atoms with Crippen LogP contribution in [0.2, 0.25) is 5.02 Å². The molecule has 1 aliphatic heterocycles. The molecular formula is C30H42ClN7O3. The molecule has 0 aliphatic carbocycles. The number of ether oxygens (including phenoxy) is 1. The van der Waals surface area contributed by atoms with Gasteiger partial charge in [0.05, 0.1) is 13.2 Å². The molecule has 0 bridgehead atoms. The smallest absolute Gasteiger partial charge is 0.433 e. The Labute approximate surface area is 248 Å². The second-order valence-electron chi connectivity index (χ2n) is 9.53. The topological polar surface area (TPSA) is 132 Å². The van der Waals surface area contributed by atoms with E-state index in [9.17, 15) is 4.79 Å². The summed E-state index contributed by atoms with van der Waals surface area (Å²) in [7, 11) is 0. The van der Waals surface area contributed by atoms with Gasteiger partial charge in [-0.1, -0.05) is 70.7 Å². The monoisotopic (exact) mass is 583 g/mol. The van der Waals surface area contributed by atoms with Crippen LogP contribution in [0, 0.1) is 18.8 Å². The van der Waals surface area contributed by atoms with Gasteiger partial charge in [0.1, 0.15) is 11.2 Å². The van der Waals surface area contributed by atoms with E-state index in [1.807, 2.05) is 32.0 Å². The lowest BCUT2D eigenvalue weighted by atomic mass is 9.99. The van der Waals surface area contributed by atoms with Gasteiger partial charge in [0.15, 0.2) is 17.3 Å². The Morgan fingerprint density at radius 2 is 1.85 bits per heavy atom. The van der Waals surface area contributed by atoms with Gasteiger partial charge < -0.3 is 25.0 Å². The molecule has 4 rings (SSSR count). The molecule has 3 aromatic rings. The molecular weight excluding hydrogens is 542 g/mol. The molecule has 3 N–H and O–H groups in total. The highest BCUT2D eigenvalue weighted by Crippen LogP contribution is 2.35. The highest BCUT2D eigenvalue weighted by Gasteiger charge is 2.27. The molecule has 2 atom stereocenters. The molecule has 10 nitrogen and oxygen atoms in total. The van der Waals surface area contributed by atoms with Crippen LogP contribution in [0.15, 0.2) is 29.3 Å². The Balaban J connectivity index is 0.00000141. The summed E-state index contributed by atoms with van der Waals surface area (Å²) in [6, 6.07) is 7.47. The zero-order valence-corrected chi connectivity index (χ0v) is 25.4. The van der Waals surface area contributed by atoms with Crippen LogP contribution >= 0.6 is 11.6 Å². The summed E-state index contributed by atoms with van der Waals surface area (Å²) in [5.41, 5.74) is 8.49. The number of terminal acetylenes is 1. The van der Waals surface area contributed by atoms with Gasteiger partial charge in [0.2, 0.25) is 5.95 Å². The van der Waals surface area contributed by atoms with E-state index in [0.717, 1.165) is 42.7 Å². The van der Waals surface area contributed by atoms with E-state index in [0.29, 0.717) is 48.6 Å². The Hall–Kier alpha value is -3.68. The van der Waals surface area contributed by atoms with Crippen LogP contribution in [0.25, 0.3) is 22.4 Å². The lowest BCUT2D eigenvalue weighted by molar-refractivity contribution is 0.121. The summed E-state index contributed by atoms with van der Waals surface area (Å²) < 4.78 is 7.79. The summed E-state index contributed by atoms with van der Waals surface area (Å²) >= 11 is 6.34. The summed E-state index contributed by atoms with van der Waals surface area (Å²) in [5.74, 6) is 1.18. The van der Waals surface area contributed by atoms with Crippen LogP contribution in [-0.2, 0) is 4.74 Å². The maximum absolute atomic E-state index is 11.2. The maximum atomic E-state index is 11.2. The first-order valence-corrected chi connectivity index (χ1v) is 14.5. The average Bonchev–Trinajstić information content (AvgIpc) is 3.38. The number of rotatable bonds is 9. The number of carboxylic acid groups (broad SMARTS) is 1. The second-order valence-corrected chi connectivity index (χ2v) is 9.97. The highest BCUT2D eigenvalue weighted by atomic mass is 35.5. The lowest BCUT2D eigenvalue weighted by Gasteiger charge is -2.30. The number of anilines is 1. The molecule has 1 unspecified atom stereocenters. The number of hydrogen-bond donors (Lipinski definition) is 2. The number of morpholine rings is 1. The van der Waals surface area contributed by atoms with Gasteiger partial charge in [-0.25, -0.2) is 14.8 Å². The van der Waals surface area contributed by atoms with E-state index in [-0.39, 0.29) is 17.7 Å². The van der Waals surface area contributed by atoms with Crippen molar-refractivity contribution in [1.29, 1.82) is 0 Å². The molecule has 0 radical (unpaired) electrons. The third-order valence-electron chi connectivity index (χ3n) is 6.82. The molecule has 1 amide bonds. The number of carbonyl (C=O) groups is 1. The normalized spacial score (nSPS) is 14.8. The minimum absolute atomic E-state index is 0.00692. The number of fused-ring (bicyclic) bond motifs is 1. The molecule has 222 valence electrons. The third kappa shape index (κ3) is 8.65. The summed E-state index contributed by atoms with van der Waals surface area (Å²) in [5, 5.41) is 9.69. The van der Waals surface area contributed by atoms with Gasteiger partial charge in [0.25, 0.3) is 0 Å². The van der Waals surface area contributed by atoms with Crippen molar-refractivity contribution in [3.63, 3.8) is 0 Å². The summed E-state index contributed by atoms with van der Waals surface area (Å²) in [6.45, 7) is 13.3. The molecule has 1 fully saturated rings. The van der Waals surface area contributed by atoms with Crippen molar-refractivity contribution in [2.75, 3.05) is 31.2 Å². The molecule has 11 heteroatoms. The van der Waals surface area contributed by atoms with Crippen LogP contribution in [0.3, 0.4) is 0 Å². The van der Waals surface area contributed by atoms with Gasteiger partial charge in [-0.3, -0.25) is 0 Å². The first kappa shape index (κ1) is 33.5. The number of hydrogen-bond acceptors (Lipinski definition) is 6. The van der Waals surface area contributed by atoms with Crippen molar-refractivity contribution < 1.29 is 14.6 Å². The fraction of sp³-hybridized carbons (Fsp3) is 0.500. The van der Waals surface area contributed by atoms with Crippen molar-refractivity contribution in [3.8, 4) is 24.1 Å². The van der Waals surface area contributed by atoms with E-state index in [2.05, 4.69) is 53.1 Å². The largest absolute Gasteiger partial charge is 0.463 e.